The van der Waals surface area contributed by atoms with Crippen LogP contribution in [0.1, 0.15) is 25.0 Å². The highest BCUT2D eigenvalue weighted by atomic mass is 35.5. The summed E-state index contributed by atoms with van der Waals surface area (Å²) in [5.41, 5.74) is 1.96. The third-order valence-electron chi connectivity index (χ3n) is 3.48. The van der Waals surface area contributed by atoms with E-state index in [1.165, 1.54) is 12.1 Å². The lowest BCUT2D eigenvalue weighted by molar-refractivity contribution is -0.141. The Kier molecular flexibility index (Phi) is 6.39. The van der Waals surface area contributed by atoms with E-state index in [0.29, 0.717) is 15.8 Å². The van der Waals surface area contributed by atoms with Crippen LogP contribution in [-0.2, 0) is 11.2 Å². The van der Waals surface area contributed by atoms with Crippen molar-refractivity contribution >= 4 is 40.8 Å². The number of hydrogen-bond donors (Lipinski definition) is 0. The Balaban J connectivity index is 2.12. The molecule has 0 amide bonds. The zero-order valence-electron chi connectivity index (χ0n) is 13.5. The molecule has 0 aliphatic rings. The van der Waals surface area contributed by atoms with E-state index in [-0.39, 0.29) is 10.8 Å². The summed E-state index contributed by atoms with van der Waals surface area (Å²) >= 11 is 17.9. The average Bonchev–Trinajstić information content (AvgIpc) is 2.54. The molecule has 0 heterocycles. The van der Waals surface area contributed by atoms with Gasteiger partial charge in [-0.05, 0) is 43.5 Å². The van der Waals surface area contributed by atoms with Crippen LogP contribution in [0.2, 0.25) is 15.1 Å². The number of benzene rings is 2. The highest BCUT2D eigenvalue weighted by Gasteiger charge is 2.20. The van der Waals surface area contributed by atoms with Gasteiger partial charge in [-0.15, -0.1) is 0 Å². The molecule has 0 saturated heterocycles. The predicted molar refractivity (Wildman–Crippen MR) is 97.8 cm³/mol. The lowest BCUT2D eigenvalue weighted by atomic mass is 10.1. The number of carbonyl (C=O) groups is 1. The second kappa shape index (κ2) is 8.11. The van der Waals surface area contributed by atoms with Crippen LogP contribution >= 0.6 is 34.8 Å². The number of aryl methyl sites for hydroxylation is 2. The van der Waals surface area contributed by atoms with Crippen molar-refractivity contribution in [3.05, 3.63) is 56.5 Å². The van der Waals surface area contributed by atoms with Gasteiger partial charge >= 0.3 is 5.97 Å². The fourth-order valence-electron chi connectivity index (χ4n) is 2.00. The Bertz CT molecular complexity index is 759. The van der Waals surface area contributed by atoms with Gasteiger partial charge in [0.25, 0.3) is 0 Å². The van der Waals surface area contributed by atoms with Crippen LogP contribution in [0.5, 0.6) is 11.5 Å². The molecular weight excluding hydrogens is 371 g/mol. The first-order valence-corrected chi connectivity index (χ1v) is 8.57. The Morgan fingerprint density at radius 3 is 2.38 bits per heavy atom. The van der Waals surface area contributed by atoms with Crippen molar-refractivity contribution in [3.63, 3.8) is 0 Å². The van der Waals surface area contributed by atoms with Crippen LogP contribution < -0.4 is 9.47 Å². The zero-order chi connectivity index (χ0) is 17.9. The van der Waals surface area contributed by atoms with Gasteiger partial charge in [0.05, 0.1) is 15.1 Å². The summed E-state index contributed by atoms with van der Waals surface area (Å²) in [6.07, 6.45) is -0.000104. The van der Waals surface area contributed by atoms with Crippen molar-refractivity contribution in [2.24, 2.45) is 0 Å². The van der Waals surface area contributed by atoms with E-state index in [1.54, 1.807) is 6.92 Å². The maximum absolute atomic E-state index is 12.3. The molecule has 0 bridgehead atoms. The van der Waals surface area contributed by atoms with E-state index in [2.05, 4.69) is 0 Å². The summed E-state index contributed by atoms with van der Waals surface area (Å²) in [6, 6.07) is 8.71. The molecule has 2 aromatic carbocycles. The van der Waals surface area contributed by atoms with Crippen molar-refractivity contribution in [1.29, 1.82) is 0 Å². The molecule has 0 unspecified atom stereocenters. The molecule has 0 saturated carbocycles. The molecule has 0 aliphatic carbocycles. The summed E-state index contributed by atoms with van der Waals surface area (Å²) < 4.78 is 11.0. The van der Waals surface area contributed by atoms with E-state index in [0.717, 1.165) is 17.5 Å². The molecule has 2 aromatic rings. The van der Waals surface area contributed by atoms with Gasteiger partial charge in [0, 0.05) is 6.07 Å². The first kappa shape index (κ1) is 18.9. The van der Waals surface area contributed by atoms with Gasteiger partial charge in [-0.3, -0.25) is 0 Å². The molecule has 6 heteroatoms. The molecule has 24 heavy (non-hydrogen) atoms. The summed E-state index contributed by atoms with van der Waals surface area (Å²) in [4.78, 5) is 12.3. The van der Waals surface area contributed by atoms with E-state index in [4.69, 9.17) is 44.3 Å². The van der Waals surface area contributed by atoms with E-state index in [9.17, 15) is 4.79 Å². The molecule has 0 radical (unpaired) electrons. The Morgan fingerprint density at radius 2 is 1.71 bits per heavy atom. The summed E-state index contributed by atoms with van der Waals surface area (Å²) in [5.74, 6) is 0.276. The Labute approximate surface area is 156 Å². The van der Waals surface area contributed by atoms with Gasteiger partial charge in [-0.2, -0.15) is 0 Å². The van der Waals surface area contributed by atoms with Crippen molar-refractivity contribution in [2.75, 3.05) is 0 Å². The Hall–Kier alpha value is -1.42. The lowest BCUT2D eigenvalue weighted by Crippen LogP contribution is -2.28. The summed E-state index contributed by atoms with van der Waals surface area (Å²) in [7, 11) is 0. The van der Waals surface area contributed by atoms with Crippen LogP contribution in [0.4, 0.5) is 0 Å². The second-order valence-electron chi connectivity index (χ2n) is 5.33. The highest BCUT2D eigenvalue weighted by Crippen LogP contribution is 2.34. The first-order chi connectivity index (χ1) is 11.3. The van der Waals surface area contributed by atoms with Crippen molar-refractivity contribution in [3.8, 4) is 11.5 Å². The first-order valence-electron chi connectivity index (χ1n) is 7.44. The summed E-state index contributed by atoms with van der Waals surface area (Å²) in [5, 5.41) is 0.882. The third kappa shape index (κ3) is 4.56. The normalized spacial score (nSPS) is 11.9. The van der Waals surface area contributed by atoms with Crippen molar-refractivity contribution in [1.82, 2.24) is 0 Å². The van der Waals surface area contributed by atoms with Gasteiger partial charge in [0.2, 0.25) is 0 Å². The van der Waals surface area contributed by atoms with Gasteiger partial charge < -0.3 is 9.47 Å². The lowest BCUT2D eigenvalue weighted by Gasteiger charge is -2.16. The molecule has 128 valence electrons. The fourth-order valence-corrected chi connectivity index (χ4v) is 2.58. The molecule has 0 aliphatic heterocycles. The van der Waals surface area contributed by atoms with E-state index in [1.807, 2.05) is 32.0 Å². The minimum atomic E-state index is -0.857. The molecule has 3 nitrogen and oxygen atoms in total. The maximum Gasteiger partial charge on any atom is 0.352 e. The minimum absolute atomic E-state index is 0.271. The third-order valence-corrected chi connectivity index (χ3v) is 4.50. The molecule has 0 fully saturated rings. The fraction of sp³-hybridized carbons (Fsp3) is 0.278. The molecule has 0 aromatic heterocycles. The number of rotatable bonds is 5. The van der Waals surface area contributed by atoms with Crippen LogP contribution in [0.15, 0.2) is 30.3 Å². The van der Waals surface area contributed by atoms with Crippen LogP contribution in [0.25, 0.3) is 0 Å². The zero-order valence-corrected chi connectivity index (χ0v) is 15.8. The summed E-state index contributed by atoms with van der Waals surface area (Å²) in [6.45, 7) is 5.50. The monoisotopic (exact) mass is 386 g/mol. The van der Waals surface area contributed by atoms with Crippen molar-refractivity contribution in [2.45, 2.75) is 33.3 Å². The largest absolute Gasteiger partial charge is 0.477 e. The Morgan fingerprint density at radius 1 is 1.04 bits per heavy atom. The van der Waals surface area contributed by atoms with Gasteiger partial charge in [-0.25, -0.2) is 4.79 Å². The van der Waals surface area contributed by atoms with Crippen LogP contribution in [-0.4, -0.2) is 12.1 Å². The smallest absolute Gasteiger partial charge is 0.352 e. The maximum atomic E-state index is 12.3. The van der Waals surface area contributed by atoms with Crippen LogP contribution in [0, 0.1) is 6.92 Å². The second-order valence-corrected chi connectivity index (χ2v) is 6.55. The highest BCUT2D eigenvalue weighted by molar-refractivity contribution is 6.43. The number of carbonyl (C=O) groups excluding carboxylic acids is 1. The SMILES string of the molecule is CCc1ccc(C)c(OC(=O)[C@H](C)Oc2cc(Cl)c(Cl)cc2Cl)c1. The van der Waals surface area contributed by atoms with Gasteiger partial charge in [0.1, 0.15) is 11.5 Å². The minimum Gasteiger partial charge on any atom is -0.477 e. The number of ether oxygens (including phenoxy) is 2. The van der Waals surface area contributed by atoms with E-state index >= 15 is 0 Å². The van der Waals surface area contributed by atoms with Crippen molar-refractivity contribution < 1.29 is 14.3 Å². The number of hydrogen-bond acceptors (Lipinski definition) is 3. The average molecular weight is 388 g/mol. The molecule has 1 atom stereocenters. The molecule has 0 N–H and O–H groups in total. The predicted octanol–water partition coefficient (Wildman–Crippen LogP) is 5.89. The number of esters is 1. The van der Waals surface area contributed by atoms with Gasteiger partial charge in [-0.1, -0.05) is 53.9 Å². The molecule has 2 rings (SSSR count). The standard InChI is InChI=1S/C18H17Cl3O3/c1-4-12-6-5-10(2)16(7-12)24-18(22)11(3)23-17-9-14(20)13(19)8-15(17)21/h5-9,11H,4H2,1-3H3/t11-/m0/s1. The van der Waals surface area contributed by atoms with Crippen LogP contribution in [0.3, 0.4) is 0 Å². The van der Waals surface area contributed by atoms with E-state index < -0.39 is 12.1 Å². The topological polar surface area (TPSA) is 35.5 Å². The quantitative estimate of drug-likeness (QED) is 0.364. The molecule has 0 spiro atoms. The molecular formula is C18H17Cl3O3. The van der Waals surface area contributed by atoms with Gasteiger partial charge in [0.15, 0.2) is 6.10 Å². The number of halogens is 3.